The maximum absolute atomic E-state index is 12.7. The molecule has 0 fully saturated rings. The van der Waals surface area contributed by atoms with Gasteiger partial charge in [0, 0.05) is 24.1 Å². The minimum atomic E-state index is -2.08. The first-order valence-corrected chi connectivity index (χ1v) is 10.2. The van der Waals surface area contributed by atoms with E-state index < -0.39 is 42.1 Å². The van der Waals surface area contributed by atoms with Crippen LogP contribution in [0.4, 0.5) is 0 Å². The number of carbonyl (C=O) groups is 3. The Balaban J connectivity index is 2.05. The lowest BCUT2D eigenvalue weighted by molar-refractivity contribution is -0.160. The van der Waals surface area contributed by atoms with Crippen molar-refractivity contribution in [3.8, 4) is 0 Å². The minimum absolute atomic E-state index is 0.0219. The molecule has 31 heavy (non-hydrogen) atoms. The number of nitrogens with one attached hydrogen (secondary N) is 2. The summed E-state index contributed by atoms with van der Waals surface area (Å²) in [6.07, 6.45) is -1.11. The van der Waals surface area contributed by atoms with Crippen molar-refractivity contribution < 1.29 is 29.3 Å². The van der Waals surface area contributed by atoms with Gasteiger partial charge in [-0.05, 0) is 24.6 Å². The van der Waals surface area contributed by atoms with Gasteiger partial charge in [-0.1, -0.05) is 28.1 Å². The lowest BCUT2D eigenvalue weighted by atomic mass is 10.1. The Labute approximate surface area is 187 Å². The molecule has 0 aliphatic rings. The number of halogens is 1. The summed E-state index contributed by atoms with van der Waals surface area (Å²) in [7, 11) is 2.44. The van der Waals surface area contributed by atoms with Gasteiger partial charge in [-0.3, -0.25) is 9.59 Å². The second-order valence-electron chi connectivity index (χ2n) is 6.92. The van der Waals surface area contributed by atoms with Gasteiger partial charge in [0.25, 0.3) is 11.8 Å². The smallest absolute Gasteiger partial charge is 0.328 e. The fourth-order valence-corrected chi connectivity index (χ4v) is 3.15. The molecular formula is C20H25BrN4O6. The van der Waals surface area contributed by atoms with Crippen LogP contribution in [0.1, 0.15) is 24.2 Å². The highest BCUT2D eigenvalue weighted by Crippen LogP contribution is 2.17. The van der Waals surface area contributed by atoms with Gasteiger partial charge in [0.15, 0.2) is 12.2 Å². The second kappa shape index (κ2) is 11.0. The number of aliphatic hydroxyl groups excluding tert-OH is 2. The van der Waals surface area contributed by atoms with Gasteiger partial charge in [-0.25, -0.2) is 9.78 Å². The third-order valence-electron chi connectivity index (χ3n) is 4.80. The van der Waals surface area contributed by atoms with Crippen LogP contribution < -0.4 is 5.32 Å². The summed E-state index contributed by atoms with van der Waals surface area (Å²) < 4.78 is 5.60. The second-order valence-corrected chi connectivity index (χ2v) is 7.84. The third-order valence-corrected chi connectivity index (χ3v) is 5.32. The summed E-state index contributed by atoms with van der Waals surface area (Å²) in [6.45, 7) is 1.70. The van der Waals surface area contributed by atoms with Gasteiger partial charge in [0.1, 0.15) is 6.04 Å². The maximum Gasteiger partial charge on any atom is 0.328 e. The molecule has 11 heteroatoms. The number of H-pyrrole nitrogens is 1. The van der Waals surface area contributed by atoms with Crippen molar-refractivity contribution in [3.63, 3.8) is 0 Å². The van der Waals surface area contributed by atoms with E-state index in [2.05, 4.69) is 31.2 Å². The Morgan fingerprint density at radius 3 is 2.42 bits per heavy atom. The number of imidazole rings is 1. The monoisotopic (exact) mass is 496 g/mol. The van der Waals surface area contributed by atoms with Gasteiger partial charge in [-0.2, -0.15) is 0 Å². The van der Waals surface area contributed by atoms with Gasteiger partial charge in [0.05, 0.1) is 25.2 Å². The number of aromatic nitrogens is 2. The van der Waals surface area contributed by atoms with Gasteiger partial charge in [-0.15, -0.1) is 0 Å². The molecule has 1 unspecified atom stereocenters. The topological polar surface area (TPSA) is 145 Å². The molecule has 1 heterocycles. The Kier molecular flexibility index (Phi) is 8.72. The van der Waals surface area contributed by atoms with Crippen LogP contribution in [0.5, 0.6) is 0 Å². The summed E-state index contributed by atoms with van der Waals surface area (Å²) in [6, 6.07) is 5.59. The van der Waals surface area contributed by atoms with Crippen LogP contribution in [0.25, 0.3) is 0 Å². The van der Waals surface area contributed by atoms with E-state index in [1.165, 1.54) is 20.5 Å². The highest BCUT2D eigenvalue weighted by Gasteiger charge is 2.37. The first-order valence-electron chi connectivity index (χ1n) is 9.39. The first-order chi connectivity index (χ1) is 14.6. The summed E-state index contributed by atoms with van der Waals surface area (Å²) in [4.78, 5) is 44.9. The van der Waals surface area contributed by atoms with Crippen molar-refractivity contribution in [3.05, 3.63) is 52.5 Å². The Morgan fingerprint density at radius 1 is 1.23 bits per heavy atom. The quantitative estimate of drug-likeness (QED) is 0.365. The number of nitrogens with zero attached hydrogens (tertiary/aromatic N) is 2. The Bertz CT molecular complexity index is 890. The molecule has 1 aromatic heterocycles. The molecule has 4 atom stereocenters. The fourth-order valence-electron chi connectivity index (χ4n) is 2.89. The van der Waals surface area contributed by atoms with Gasteiger partial charge >= 0.3 is 5.97 Å². The van der Waals surface area contributed by atoms with E-state index in [4.69, 9.17) is 4.74 Å². The predicted octanol–water partition coefficient (Wildman–Crippen LogP) is 0.314. The van der Waals surface area contributed by atoms with E-state index in [0.29, 0.717) is 5.69 Å². The van der Waals surface area contributed by atoms with Crippen LogP contribution in [0.15, 0.2) is 41.3 Å². The summed E-state index contributed by atoms with van der Waals surface area (Å²) in [5.41, 5.74) is 1.26. The van der Waals surface area contributed by atoms with Crippen LogP contribution >= 0.6 is 15.9 Å². The molecule has 0 saturated heterocycles. The molecule has 1 aromatic carbocycles. The Morgan fingerprint density at radius 2 is 1.87 bits per heavy atom. The molecule has 168 valence electrons. The number of ether oxygens (including phenoxy) is 1. The molecule has 0 spiro atoms. The number of amides is 2. The predicted molar refractivity (Wildman–Crippen MR) is 114 cm³/mol. The standard InChI is InChI=1S/C20H25BrN4O6/c1-11(12-4-6-13(21)7-5-12)24-18(28)16(26)17(27)19(29)25(2)15(20(30)31-3)8-14-9-22-10-23-14/h4-7,9-11,15-17,26-27H,8H2,1-3H3,(H,22,23)(H,24,28)/t11-,15?,16+,17+/m0/s1. The molecule has 0 aliphatic carbocycles. The lowest BCUT2D eigenvalue weighted by Gasteiger charge is -2.29. The zero-order valence-corrected chi connectivity index (χ0v) is 18.9. The number of benzene rings is 1. The number of aromatic amines is 1. The molecule has 4 N–H and O–H groups in total. The molecule has 0 aliphatic heterocycles. The van der Waals surface area contributed by atoms with Crippen LogP contribution in [0.2, 0.25) is 0 Å². The molecule has 0 saturated carbocycles. The number of carbonyl (C=O) groups excluding carboxylic acids is 3. The average Bonchev–Trinajstić information content (AvgIpc) is 3.28. The van der Waals surface area contributed by atoms with E-state index in [1.54, 1.807) is 37.4 Å². The number of methoxy groups -OCH3 is 1. The van der Waals surface area contributed by atoms with E-state index in [1.807, 2.05) is 0 Å². The maximum atomic E-state index is 12.7. The SMILES string of the molecule is COC(=O)C(Cc1c[nH]cn1)N(C)C(=O)[C@H](O)[C@@H](O)C(=O)N[C@@H](C)c1ccc(Br)cc1. The van der Waals surface area contributed by atoms with Crippen LogP contribution in [0.3, 0.4) is 0 Å². The summed E-state index contributed by atoms with van der Waals surface area (Å²) in [5.74, 6) is -2.66. The summed E-state index contributed by atoms with van der Waals surface area (Å²) in [5, 5.41) is 23.1. The largest absolute Gasteiger partial charge is 0.467 e. The van der Waals surface area contributed by atoms with Gasteiger partial charge < -0.3 is 30.2 Å². The molecule has 0 bridgehead atoms. The molecule has 2 amide bonds. The molecular weight excluding hydrogens is 472 g/mol. The van der Waals surface area contributed by atoms with Gasteiger partial charge in [0.2, 0.25) is 0 Å². The van der Waals surface area contributed by atoms with Crippen LogP contribution in [0, 0.1) is 0 Å². The first kappa shape index (κ1) is 24.5. The number of aliphatic hydroxyl groups is 2. The fraction of sp³-hybridized carbons (Fsp3) is 0.400. The highest BCUT2D eigenvalue weighted by molar-refractivity contribution is 9.10. The molecule has 2 rings (SSSR count). The number of rotatable bonds is 9. The molecule has 0 radical (unpaired) electrons. The molecule has 10 nitrogen and oxygen atoms in total. The third kappa shape index (κ3) is 6.36. The Hall–Kier alpha value is -2.76. The van der Waals surface area contributed by atoms with Crippen molar-refractivity contribution in [2.24, 2.45) is 0 Å². The molecule has 2 aromatic rings. The van der Waals surface area contributed by atoms with E-state index in [9.17, 15) is 24.6 Å². The van der Waals surface area contributed by atoms with Crippen LogP contribution in [-0.2, 0) is 25.5 Å². The number of hydrogen-bond acceptors (Lipinski definition) is 7. The van der Waals surface area contributed by atoms with Crippen molar-refractivity contribution >= 4 is 33.7 Å². The van der Waals surface area contributed by atoms with Crippen molar-refractivity contribution in [1.29, 1.82) is 0 Å². The van der Waals surface area contributed by atoms with E-state index in [0.717, 1.165) is 14.9 Å². The normalized spacial score (nSPS) is 14.8. The zero-order chi connectivity index (χ0) is 23.1. The minimum Gasteiger partial charge on any atom is -0.467 e. The van der Waals surface area contributed by atoms with E-state index in [-0.39, 0.29) is 6.42 Å². The number of hydrogen-bond donors (Lipinski definition) is 4. The van der Waals surface area contributed by atoms with E-state index >= 15 is 0 Å². The van der Waals surface area contributed by atoms with Crippen molar-refractivity contribution in [2.75, 3.05) is 14.2 Å². The van der Waals surface area contributed by atoms with Crippen molar-refractivity contribution in [1.82, 2.24) is 20.2 Å². The highest BCUT2D eigenvalue weighted by atomic mass is 79.9. The average molecular weight is 497 g/mol. The van der Waals surface area contributed by atoms with Crippen molar-refractivity contribution in [2.45, 2.75) is 37.6 Å². The van der Waals surface area contributed by atoms with Crippen LogP contribution in [-0.4, -0.2) is 75.3 Å². The lowest BCUT2D eigenvalue weighted by Crippen LogP contribution is -2.54. The summed E-state index contributed by atoms with van der Waals surface area (Å²) >= 11 is 3.32. The zero-order valence-electron chi connectivity index (χ0n) is 17.3. The number of esters is 1. The number of likely N-dealkylation sites (N-methyl/N-ethyl adjacent to an activating group) is 1.